The van der Waals surface area contributed by atoms with Crippen molar-refractivity contribution in [2.45, 2.75) is 45.3 Å². The topological polar surface area (TPSA) is 46.3 Å². The average Bonchev–Trinajstić information content (AvgIpc) is 3.20. The zero-order valence-corrected chi connectivity index (χ0v) is 11.5. The van der Waals surface area contributed by atoms with Gasteiger partial charge in [-0.1, -0.05) is 25.1 Å². The molecular weight excluding hydrogens is 243 g/mol. The minimum atomic E-state index is -0.255. The van der Waals surface area contributed by atoms with E-state index in [0.29, 0.717) is 12.1 Å². The van der Waals surface area contributed by atoms with Gasteiger partial charge in [0.25, 0.3) is 0 Å². The second-order valence-corrected chi connectivity index (χ2v) is 5.44. The lowest BCUT2D eigenvalue weighted by molar-refractivity contribution is -0.136. The van der Waals surface area contributed by atoms with Gasteiger partial charge in [0, 0.05) is 24.2 Å². The summed E-state index contributed by atoms with van der Waals surface area (Å²) in [5.41, 5.74) is 6.37. The molecule has 19 heavy (non-hydrogen) atoms. The van der Waals surface area contributed by atoms with E-state index >= 15 is 0 Å². The van der Waals surface area contributed by atoms with E-state index in [-0.39, 0.29) is 29.7 Å². The van der Waals surface area contributed by atoms with Crippen LogP contribution in [0.25, 0.3) is 0 Å². The molecule has 0 saturated heterocycles. The van der Waals surface area contributed by atoms with Crippen molar-refractivity contribution in [2.24, 2.45) is 11.7 Å². The third-order valence-corrected chi connectivity index (χ3v) is 3.75. The summed E-state index contributed by atoms with van der Waals surface area (Å²) in [5, 5.41) is 0. The molecule has 104 valence electrons. The molecule has 1 aromatic rings. The second kappa shape index (κ2) is 5.70. The predicted octanol–water partition coefficient (Wildman–Crippen LogP) is 2.30. The number of nitrogens with zero attached hydrogens (tertiary/aromatic N) is 1. The number of amides is 1. The van der Waals surface area contributed by atoms with Gasteiger partial charge in [0.05, 0.1) is 5.92 Å². The monoisotopic (exact) mass is 264 g/mol. The Kier molecular flexibility index (Phi) is 4.20. The average molecular weight is 264 g/mol. The molecule has 0 aliphatic heterocycles. The van der Waals surface area contributed by atoms with Gasteiger partial charge in [0.15, 0.2) is 0 Å². The van der Waals surface area contributed by atoms with E-state index in [4.69, 9.17) is 5.73 Å². The molecule has 0 radical (unpaired) electrons. The smallest absolute Gasteiger partial charge is 0.227 e. The van der Waals surface area contributed by atoms with Crippen molar-refractivity contribution in [3.8, 4) is 0 Å². The van der Waals surface area contributed by atoms with Crippen LogP contribution in [0.2, 0.25) is 0 Å². The Morgan fingerprint density at radius 3 is 2.58 bits per heavy atom. The Morgan fingerprint density at radius 2 is 2.05 bits per heavy atom. The third-order valence-electron chi connectivity index (χ3n) is 3.75. The van der Waals surface area contributed by atoms with Crippen molar-refractivity contribution in [3.05, 3.63) is 35.6 Å². The van der Waals surface area contributed by atoms with Crippen LogP contribution in [0, 0.1) is 11.7 Å². The fourth-order valence-corrected chi connectivity index (χ4v) is 2.07. The van der Waals surface area contributed by atoms with Gasteiger partial charge < -0.3 is 10.6 Å². The highest BCUT2D eigenvalue weighted by atomic mass is 19.1. The number of benzene rings is 1. The van der Waals surface area contributed by atoms with Gasteiger partial charge in [-0.05, 0) is 25.8 Å². The first kappa shape index (κ1) is 14.0. The van der Waals surface area contributed by atoms with Crippen molar-refractivity contribution in [2.75, 3.05) is 0 Å². The molecule has 1 aromatic carbocycles. The van der Waals surface area contributed by atoms with Gasteiger partial charge in [-0.25, -0.2) is 4.39 Å². The minimum Gasteiger partial charge on any atom is -0.335 e. The van der Waals surface area contributed by atoms with E-state index < -0.39 is 0 Å². The highest BCUT2D eigenvalue weighted by molar-refractivity contribution is 5.79. The predicted molar refractivity (Wildman–Crippen MR) is 72.8 cm³/mol. The Bertz CT molecular complexity index is 457. The van der Waals surface area contributed by atoms with Crippen LogP contribution in [0.15, 0.2) is 24.3 Å². The summed E-state index contributed by atoms with van der Waals surface area (Å²) in [7, 11) is 0. The van der Waals surface area contributed by atoms with Crippen LogP contribution in [-0.2, 0) is 11.3 Å². The van der Waals surface area contributed by atoms with Crippen molar-refractivity contribution < 1.29 is 9.18 Å². The van der Waals surface area contributed by atoms with Crippen molar-refractivity contribution >= 4 is 5.91 Å². The summed E-state index contributed by atoms with van der Waals surface area (Å²) in [6, 6.07) is 6.69. The van der Waals surface area contributed by atoms with Gasteiger partial charge in [-0.15, -0.1) is 0 Å². The molecule has 4 heteroatoms. The van der Waals surface area contributed by atoms with Crippen LogP contribution < -0.4 is 5.73 Å². The lowest BCUT2D eigenvalue weighted by Crippen LogP contribution is -2.42. The van der Waals surface area contributed by atoms with E-state index in [1.165, 1.54) is 6.07 Å². The molecule has 1 aliphatic rings. The number of nitrogens with two attached hydrogens (primary N) is 1. The first-order valence-corrected chi connectivity index (χ1v) is 6.80. The largest absolute Gasteiger partial charge is 0.335 e. The third kappa shape index (κ3) is 3.32. The highest BCUT2D eigenvalue weighted by Crippen LogP contribution is 2.30. The molecule has 1 aliphatic carbocycles. The van der Waals surface area contributed by atoms with E-state index in [2.05, 4.69) is 0 Å². The maximum Gasteiger partial charge on any atom is 0.227 e. The molecule has 1 amide bonds. The molecule has 2 rings (SSSR count). The molecule has 3 nitrogen and oxygen atoms in total. The summed E-state index contributed by atoms with van der Waals surface area (Å²) < 4.78 is 13.7. The zero-order valence-electron chi connectivity index (χ0n) is 11.5. The van der Waals surface area contributed by atoms with Crippen LogP contribution in [-0.4, -0.2) is 22.9 Å². The van der Waals surface area contributed by atoms with E-state index in [0.717, 1.165) is 12.8 Å². The Balaban J connectivity index is 2.13. The highest BCUT2D eigenvalue weighted by Gasteiger charge is 2.35. The number of carbonyl (C=O) groups excluding carboxylic acids is 1. The summed E-state index contributed by atoms with van der Waals surface area (Å²) >= 11 is 0. The van der Waals surface area contributed by atoms with Crippen LogP contribution >= 0.6 is 0 Å². The van der Waals surface area contributed by atoms with Gasteiger partial charge in [0.1, 0.15) is 5.82 Å². The molecule has 1 saturated carbocycles. The van der Waals surface area contributed by atoms with Gasteiger partial charge in [-0.3, -0.25) is 4.79 Å². The fourth-order valence-electron chi connectivity index (χ4n) is 2.07. The summed E-state index contributed by atoms with van der Waals surface area (Å²) in [4.78, 5) is 14.2. The van der Waals surface area contributed by atoms with Crippen molar-refractivity contribution in [1.29, 1.82) is 0 Å². The van der Waals surface area contributed by atoms with E-state index in [1.807, 2.05) is 13.8 Å². The quantitative estimate of drug-likeness (QED) is 0.887. The molecule has 0 spiro atoms. The van der Waals surface area contributed by atoms with Gasteiger partial charge >= 0.3 is 0 Å². The SMILES string of the molecule is CC(N)C(C)C(=O)N(Cc1ccccc1F)C1CC1. The Labute approximate surface area is 113 Å². The number of hydrogen-bond acceptors (Lipinski definition) is 2. The first-order chi connectivity index (χ1) is 9.00. The summed E-state index contributed by atoms with van der Waals surface area (Å²) in [5.74, 6) is -0.456. The van der Waals surface area contributed by atoms with Gasteiger partial charge in [-0.2, -0.15) is 0 Å². The molecule has 0 bridgehead atoms. The Morgan fingerprint density at radius 1 is 1.42 bits per heavy atom. The van der Waals surface area contributed by atoms with Crippen molar-refractivity contribution in [3.63, 3.8) is 0 Å². The summed E-state index contributed by atoms with van der Waals surface area (Å²) in [6.07, 6.45) is 2.01. The molecule has 1 fully saturated rings. The lowest BCUT2D eigenvalue weighted by atomic mass is 10.0. The minimum absolute atomic E-state index is 0.0285. The molecule has 0 aromatic heterocycles. The van der Waals surface area contributed by atoms with Crippen molar-refractivity contribution in [1.82, 2.24) is 4.90 Å². The molecular formula is C15H21FN2O. The first-order valence-electron chi connectivity index (χ1n) is 6.80. The van der Waals surface area contributed by atoms with Crippen LogP contribution in [0.3, 0.4) is 0 Å². The normalized spacial score (nSPS) is 17.9. The fraction of sp³-hybridized carbons (Fsp3) is 0.533. The van der Waals surface area contributed by atoms with Crippen LogP contribution in [0.5, 0.6) is 0 Å². The van der Waals surface area contributed by atoms with Crippen LogP contribution in [0.1, 0.15) is 32.3 Å². The second-order valence-electron chi connectivity index (χ2n) is 5.44. The maximum atomic E-state index is 13.7. The number of halogens is 1. The number of carbonyl (C=O) groups is 1. The van der Waals surface area contributed by atoms with Gasteiger partial charge in [0.2, 0.25) is 5.91 Å². The zero-order chi connectivity index (χ0) is 14.0. The standard InChI is InChI=1S/C15H21FN2O/c1-10(11(2)17)15(19)18(13-7-8-13)9-12-5-3-4-6-14(12)16/h3-6,10-11,13H,7-9,17H2,1-2H3. The summed E-state index contributed by atoms with van der Waals surface area (Å²) in [6.45, 7) is 4.01. The number of rotatable bonds is 5. The molecule has 2 unspecified atom stereocenters. The molecule has 0 heterocycles. The Hall–Kier alpha value is -1.42. The van der Waals surface area contributed by atoms with Crippen LogP contribution in [0.4, 0.5) is 4.39 Å². The number of hydrogen-bond donors (Lipinski definition) is 1. The lowest BCUT2D eigenvalue weighted by Gasteiger charge is -2.27. The maximum absolute atomic E-state index is 13.7. The molecule has 2 atom stereocenters. The van der Waals surface area contributed by atoms with E-state index in [1.54, 1.807) is 23.1 Å². The molecule has 2 N–H and O–H groups in total. The van der Waals surface area contributed by atoms with E-state index in [9.17, 15) is 9.18 Å².